The number of amides is 1. The molecule has 4 rings (SSSR count). The number of methoxy groups -OCH3 is 1. The number of carbonyl (C=O) groups is 2. The van der Waals surface area contributed by atoms with E-state index in [0.29, 0.717) is 27.5 Å². The van der Waals surface area contributed by atoms with Crippen molar-refractivity contribution in [2.75, 3.05) is 19.0 Å². The van der Waals surface area contributed by atoms with E-state index in [2.05, 4.69) is 5.32 Å². The highest BCUT2D eigenvalue weighted by molar-refractivity contribution is 7.15. The van der Waals surface area contributed by atoms with Gasteiger partial charge in [0.25, 0.3) is 5.91 Å². The first-order valence-corrected chi connectivity index (χ1v) is 10.2. The number of para-hydroxylation sites is 1. The minimum absolute atomic E-state index is 0.172. The number of benzene rings is 2. The Morgan fingerprint density at radius 2 is 1.87 bits per heavy atom. The first-order valence-electron chi connectivity index (χ1n) is 9.33. The molecular formula is C23H19NO5S. The smallest absolute Gasteiger partial charge is 0.341 e. The molecule has 0 atom stereocenters. The lowest BCUT2D eigenvalue weighted by molar-refractivity contribution is 0.0529. The Hall–Kier alpha value is -3.58. The van der Waals surface area contributed by atoms with Crippen LogP contribution in [0, 0.1) is 0 Å². The van der Waals surface area contributed by atoms with E-state index < -0.39 is 11.9 Å². The van der Waals surface area contributed by atoms with Crippen molar-refractivity contribution in [1.29, 1.82) is 0 Å². The number of furan rings is 1. The van der Waals surface area contributed by atoms with Crippen molar-refractivity contribution >= 4 is 39.2 Å². The second-order valence-electron chi connectivity index (χ2n) is 6.41. The van der Waals surface area contributed by atoms with Crippen LogP contribution < -0.4 is 10.1 Å². The minimum atomic E-state index is -0.496. The average Bonchev–Trinajstić information content (AvgIpc) is 3.38. The van der Waals surface area contributed by atoms with E-state index in [1.54, 1.807) is 26.2 Å². The molecule has 2 heterocycles. The van der Waals surface area contributed by atoms with Crippen LogP contribution in [0.2, 0.25) is 0 Å². The molecule has 2 aromatic heterocycles. The van der Waals surface area contributed by atoms with Gasteiger partial charge in [0.15, 0.2) is 5.76 Å². The van der Waals surface area contributed by atoms with Gasteiger partial charge in [0.1, 0.15) is 21.9 Å². The van der Waals surface area contributed by atoms with Crippen molar-refractivity contribution in [2.24, 2.45) is 0 Å². The Labute approximate surface area is 177 Å². The molecule has 152 valence electrons. The maximum atomic E-state index is 12.8. The van der Waals surface area contributed by atoms with Crippen molar-refractivity contribution in [2.45, 2.75) is 6.92 Å². The Morgan fingerprint density at radius 1 is 1.10 bits per heavy atom. The van der Waals surface area contributed by atoms with Crippen LogP contribution in [0.25, 0.3) is 22.1 Å². The number of hydrogen-bond acceptors (Lipinski definition) is 6. The molecule has 0 radical (unpaired) electrons. The summed E-state index contributed by atoms with van der Waals surface area (Å²) in [5.41, 5.74) is 2.44. The van der Waals surface area contributed by atoms with E-state index in [1.807, 2.05) is 47.8 Å². The summed E-state index contributed by atoms with van der Waals surface area (Å²) >= 11 is 1.26. The molecule has 0 aliphatic heterocycles. The molecule has 1 N–H and O–H groups in total. The fourth-order valence-electron chi connectivity index (χ4n) is 3.10. The largest absolute Gasteiger partial charge is 0.497 e. The van der Waals surface area contributed by atoms with E-state index in [9.17, 15) is 9.59 Å². The van der Waals surface area contributed by atoms with E-state index in [4.69, 9.17) is 13.9 Å². The summed E-state index contributed by atoms with van der Waals surface area (Å²) in [5, 5.41) is 5.86. The normalized spacial score (nSPS) is 10.7. The molecule has 0 spiro atoms. The van der Waals surface area contributed by atoms with Crippen LogP contribution in [-0.2, 0) is 4.74 Å². The van der Waals surface area contributed by atoms with Crippen molar-refractivity contribution in [3.63, 3.8) is 0 Å². The third-order valence-electron chi connectivity index (χ3n) is 4.55. The Balaban J connectivity index is 1.68. The van der Waals surface area contributed by atoms with Gasteiger partial charge in [0, 0.05) is 16.3 Å². The third-order valence-corrected chi connectivity index (χ3v) is 5.44. The maximum Gasteiger partial charge on any atom is 0.341 e. The number of carbonyl (C=O) groups excluding carboxylic acids is 2. The monoisotopic (exact) mass is 421 g/mol. The number of hydrogen-bond donors (Lipinski definition) is 1. The topological polar surface area (TPSA) is 77.8 Å². The number of anilines is 1. The lowest BCUT2D eigenvalue weighted by Gasteiger charge is -2.08. The lowest BCUT2D eigenvalue weighted by atomic mass is 10.0. The minimum Gasteiger partial charge on any atom is -0.497 e. The molecular weight excluding hydrogens is 402 g/mol. The number of esters is 1. The van der Waals surface area contributed by atoms with Crippen molar-refractivity contribution < 1.29 is 23.5 Å². The number of fused-ring (bicyclic) bond motifs is 1. The van der Waals surface area contributed by atoms with Gasteiger partial charge in [-0.1, -0.05) is 30.3 Å². The fourth-order valence-corrected chi connectivity index (χ4v) is 4.05. The Morgan fingerprint density at radius 3 is 2.57 bits per heavy atom. The molecule has 0 fully saturated rings. The van der Waals surface area contributed by atoms with E-state index in [-0.39, 0.29) is 12.4 Å². The number of ether oxygens (including phenoxy) is 2. The summed E-state index contributed by atoms with van der Waals surface area (Å²) in [5.74, 6) is -0.0418. The molecule has 4 aromatic rings. The molecule has 0 aliphatic carbocycles. The van der Waals surface area contributed by atoms with Crippen LogP contribution >= 0.6 is 11.3 Å². The van der Waals surface area contributed by atoms with Gasteiger partial charge < -0.3 is 19.2 Å². The number of thiophene rings is 1. The second-order valence-corrected chi connectivity index (χ2v) is 7.28. The highest BCUT2D eigenvalue weighted by Gasteiger charge is 2.24. The molecule has 1 amide bonds. The molecule has 6 nitrogen and oxygen atoms in total. The van der Waals surface area contributed by atoms with Crippen molar-refractivity contribution in [1.82, 2.24) is 0 Å². The van der Waals surface area contributed by atoms with Crippen LogP contribution in [0.5, 0.6) is 5.75 Å². The SMILES string of the molecule is CCOC(=O)c1c(-c2ccc(OC)cc2)csc1NC(=O)c1cc2ccccc2o1. The molecule has 0 saturated carbocycles. The van der Waals surface area contributed by atoms with Gasteiger partial charge in [0.2, 0.25) is 0 Å². The second kappa shape index (κ2) is 8.42. The fraction of sp³-hybridized carbons (Fsp3) is 0.130. The van der Waals surface area contributed by atoms with Gasteiger partial charge in [0.05, 0.1) is 13.7 Å². The van der Waals surface area contributed by atoms with Crippen LogP contribution in [0.3, 0.4) is 0 Å². The van der Waals surface area contributed by atoms with Crippen LogP contribution in [0.15, 0.2) is 64.4 Å². The van der Waals surface area contributed by atoms with E-state index in [0.717, 1.165) is 10.9 Å². The Kier molecular flexibility index (Phi) is 5.54. The van der Waals surface area contributed by atoms with E-state index in [1.165, 1.54) is 11.3 Å². The van der Waals surface area contributed by atoms with Crippen LogP contribution in [0.1, 0.15) is 27.8 Å². The quantitative estimate of drug-likeness (QED) is 0.410. The highest BCUT2D eigenvalue weighted by Crippen LogP contribution is 2.37. The molecule has 0 aliphatic rings. The standard InChI is InChI=1S/C23H19NO5S/c1-3-28-23(26)20-17(14-8-10-16(27-2)11-9-14)13-30-22(20)24-21(25)19-12-15-6-4-5-7-18(15)29-19/h4-13H,3H2,1-2H3,(H,24,25). The molecule has 0 bridgehead atoms. The summed E-state index contributed by atoms with van der Waals surface area (Å²) in [6.07, 6.45) is 0. The number of rotatable bonds is 6. The van der Waals surface area contributed by atoms with Gasteiger partial charge in [-0.3, -0.25) is 4.79 Å². The molecule has 2 aromatic carbocycles. The predicted octanol–water partition coefficient (Wildman–Crippen LogP) is 5.60. The first-order chi connectivity index (χ1) is 14.6. The highest BCUT2D eigenvalue weighted by atomic mass is 32.1. The van der Waals surface area contributed by atoms with Crippen molar-refractivity contribution in [3.8, 4) is 16.9 Å². The molecule has 7 heteroatoms. The van der Waals surface area contributed by atoms with Gasteiger partial charge in [-0.2, -0.15) is 0 Å². The zero-order valence-electron chi connectivity index (χ0n) is 16.4. The first kappa shape index (κ1) is 19.7. The summed E-state index contributed by atoms with van der Waals surface area (Å²) in [6, 6.07) is 16.4. The number of nitrogens with one attached hydrogen (secondary N) is 1. The van der Waals surface area contributed by atoms with Gasteiger partial charge in [-0.05, 0) is 36.8 Å². The van der Waals surface area contributed by atoms with Crippen LogP contribution in [0.4, 0.5) is 5.00 Å². The summed E-state index contributed by atoms with van der Waals surface area (Å²) in [7, 11) is 1.59. The van der Waals surface area contributed by atoms with Crippen molar-refractivity contribution in [3.05, 3.63) is 71.3 Å². The Bertz CT molecular complexity index is 1170. The van der Waals surface area contributed by atoms with Crippen LogP contribution in [-0.4, -0.2) is 25.6 Å². The summed E-state index contributed by atoms with van der Waals surface area (Å²) in [4.78, 5) is 25.5. The lowest BCUT2D eigenvalue weighted by Crippen LogP contribution is -2.14. The maximum absolute atomic E-state index is 12.8. The zero-order chi connectivity index (χ0) is 21.1. The van der Waals surface area contributed by atoms with E-state index >= 15 is 0 Å². The zero-order valence-corrected chi connectivity index (χ0v) is 17.2. The molecule has 30 heavy (non-hydrogen) atoms. The van der Waals surface area contributed by atoms with Gasteiger partial charge in [-0.25, -0.2) is 4.79 Å². The van der Waals surface area contributed by atoms with Gasteiger partial charge in [-0.15, -0.1) is 11.3 Å². The predicted molar refractivity (Wildman–Crippen MR) is 116 cm³/mol. The summed E-state index contributed by atoms with van der Waals surface area (Å²) < 4.78 is 16.1. The summed E-state index contributed by atoms with van der Waals surface area (Å²) in [6.45, 7) is 1.97. The molecule has 0 unspecified atom stereocenters. The third kappa shape index (κ3) is 3.79. The average molecular weight is 421 g/mol. The van der Waals surface area contributed by atoms with Gasteiger partial charge >= 0.3 is 5.97 Å². The molecule has 0 saturated heterocycles.